The Morgan fingerprint density at radius 3 is 2.61 bits per heavy atom. The van der Waals surface area contributed by atoms with Gasteiger partial charge in [0.25, 0.3) is 6.02 Å². The van der Waals surface area contributed by atoms with E-state index in [-0.39, 0.29) is 17.5 Å². The predicted molar refractivity (Wildman–Crippen MR) is 108 cm³/mol. The molecule has 0 unspecified atom stereocenters. The minimum atomic E-state index is -0.211. The van der Waals surface area contributed by atoms with E-state index in [0.717, 1.165) is 43.9 Å². The summed E-state index contributed by atoms with van der Waals surface area (Å²) in [6.07, 6.45) is 3.01. The maximum absolute atomic E-state index is 13.5. The summed E-state index contributed by atoms with van der Waals surface area (Å²) in [5.41, 5.74) is 3.54. The molecular formula is C23H26FN3O. The van der Waals surface area contributed by atoms with Crippen LogP contribution in [0.1, 0.15) is 35.6 Å². The van der Waals surface area contributed by atoms with Crippen LogP contribution in [0, 0.1) is 5.82 Å². The second-order valence-corrected chi connectivity index (χ2v) is 8.51. The number of benzene rings is 2. The standard InChI is InChI=1S/C23H26FN3O/c1-26(2)19-13-23(14-19)15-25-22(28-23)27-12-11-16-5-3-4-6-20(16)21(27)17-7-9-18(24)10-8-17/h3-10,19,21H,11-15H2,1-2H3/t19?,21-,23?/m0/s1. The number of hydrogen-bond donors (Lipinski definition) is 0. The van der Waals surface area contributed by atoms with Gasteiger partial charge in [-0.3, -0.25) is 0 Å². The molecule has 0 bridgehead atoms. The van der Waals surface area contributed by atoms with Gasteiger partial charge in [0.05, 0.1) is 12.6 Å². The van der Waals surface area contributed by atoms with Crippen molar-refractivity contribution in [3.63, 3.8) is 0 Å². The molecule has 0 N–H and O–H groups in total. The van der Waals surface area contributed by atoms with Crippen LogP contribution >= 0.6 is 0 Å². The zero-order valence-electron chi connectivity index (χ0n) is 16.4. The van der Waals surface area contributed by atoms with E-state index in [1.165, 1.54) is 23.3 Å². The third-order valence-electron chi connectivity index (χ3n) is 6.47. The van der Waals surface area contributed by atoms with Gasteiger partial charge in [-0.2, -0.15) is 0 Å². The topological polar surface area (TPSA) is 28.1 Å². The highest BCUT2D eigenvalue weighted by atomic mass is 19.1. The molecule has 28 heavy (non-hydrogen) atoms. The van der Waals surface area contributed by atoms with Crippen molar-refractivity contribution in [3.8, 4) is 0 Å². The lowest BCUT2D eigenvalue weighted by atomic mass is 9.75. The van der Waals surface area contributed by atoms with Gasteiger partial charge in [0, 0.05) is 25.4 Å². The molecule has 1 spiro atoms. The summed E-state index contributed by atoms with van der Waals surface area (Å²) in [5.74, 6) is -0.211. The van der Waals surface area contributed by atoms with Crippen molar-refractivity contribution in [2.45, 2.75) is 36.9 Å². The van der Waals surface area contributed by atoms with Gasteiger partial charge in [-0.15, -0.1) is 0 Å². The second-order valence-electron chi connectivity index (χ2n) is 8.51. The van der Waals surface area contributed by atoms with E-state index in [1.807, 2.05) is 12.1 Å². The summed E-state index contributed by atoms with van der Waals surface area (Å²) in [7, 11) is 4.25. The number of nitrogens with zero attached hydrogens (tertiary/aromatic N) is 3. The highest BCUT2D eigenvalue weighted by Gasteiger charge is 2.52. The molecule has 0 amide bonds. The van der Waals surface area contributed by atoms with E-state index < -0.39 is 0 Å². The molecule has 146 valence electrons. The van der Waals surface area contributed by atoms with Crippen molar-refractivity contribution < 1.29 is 9.13 Å². The average molecular weight is 379 g/mol. The van der Waals surface area contributed by atoms with Gasteiger partial charge in [0.15, 0.2) is 0 Å². The maximum Gasteiger partial charge on any atom is 0.288 e. The molecule has 0 radical (unpaired) electrons. The number of hydrogen-bond acceptors (Lipinski definition) is 4. The van der Waals surface area contributed by atoms with Gasteiger partial charge in [-0.05, 0) is 49.3 Å². The van der Waals surface area contributed by atoms with Crippen LogP contribution in [0.5, 0.6) is 0 Å². The fourth-order valence-corrected chi connectivity index (χ4v) is 4.77. The summed E-state index contributed by atoms with van der Waals surface area (Å²) in [6, 6.07) is 16.7. The van der Waals surface area contributed by atoms with Crippen molar-refractivity contribution >= 4 is 6.02 Å². The first-order chi connectivity index (χ1) is 13.5. The molecule has 5 heteroatoms. The van der Waals surface area contributed by atoms with Crippen LogP contribution in [0.15, 0.2) is 53.5 Å². The van der Waals surface area contributed by atoms with E-state index in [2.05, 4.69) is 48.2 Å². The second kappa shape index (κ2) is 6.59. The number of aliphatic imine (C=N–C) groups is 1. The third-order valence-corrected chi connectivity index (χ3v) is 6.47. The largest absolute Gasteiger partial charge is 0.456 e. The van der Waals surface area contributed by atoms with Gasteiger partial charge in [0.2, 0.25) is 0 Å². The molecule has 0 saturated heterocycles. The van der Waals surface area contributed by atoms with Crippen molar-refractivity contribution in [2.24, 2.45) is 4.99 Å². The zero-order valence-corrected chi connectivity index (χ0v) is 16.4. The Kier molecular flexibility index (Phi) is 4.16. The number of amidine groups is 1. The molecule has 1 aliphatic carbocycles. The smallest absolute Gasteiger partial charge is 0.288 e. The molecule has 4 nitrogen and oxygen atoms in total. The van der Waals surface area contributed by atoms with Gasteiger partial charge < -0.3 is 14.5 Å². The molecule has 3 aliphatic rings. The average Bonchev–Trinajstić information content (AvgIpc) is 3.12. The molecule has 1 saturated carbocycles. The molecule has 2 aromatic rings. The molecule has 1 atom stereocenters. The van der Waals surface area contributed by atoms with Crippen LogP contribution in [0.25, 0.3) is 0 Å². The summed E-state index contributed by atoms with van der Waals surface area (Å²) in [5, 5.41) is 0. The lowest BCUT2D eigenvalue weighted by Crippen LogP contribution is -2.56. The molecule has 2 aromatic carbocycles. The Balaban J connectivity index is 1.45. The predicted octanol–water partition coefficient (Wildman–Crippen LogP) is 3.62. The summed E-state index contributed by atoms with van der Waals surface area (Å²) in [4.78, 5) is 9.36. The SMILES string of the molecule is CN(C)C1CC2(CN=C(N3CCc4ccccc4[C@@H]3c3ccc(F)cc3)O2)C1. The Morgan fingerprint density at radius 2 is 1.86 bits per heavy atom. The first-order valence-electron chi connectivity index (χ1n) is 10.0. The molecule has 1 fully saturated rings. The van der Waals surface area contributed by atoms with Crippen LogP contribution in [-0.2, 0) is 11.2 Å². The van der Waals surface area contributed by atoms with Crippen molar-refractivity contribution in [3.05, 3.63) is 71.0 Å². The minimum Gasteiger partial charge on any atom is -0.456 e. The lowest BCUT2D eigenvalue weighted by Gasteiger charge is -2.47. The van der Waals surface area contributed by atoms with E-state index >= 15 is 0 Å². The van der Waals surface area contributed by atoms with Gasteiger partial charge in [-0.1, -0.05) is 36.4 Å². The molecular weight excluding hydrogens is 353 g/mol. The van der Waals surface area contributed by atoms with Crippen LogP contribution in [-0.4, -0.2) is 54.6 Å². The van der Waals surface area contributed by atoms with E-state index in [4.69, 9.17) is 9.73 Å². The van der Waals surface area contributed by atoms with Crippen LogP contribution < -0.4 is 0 Å². The van der Waals surface area contributed by atoms with E-state index in [9.17, 15) is 4.39 Å². The highest BCUT2D eigenvalue weighted by molar-refractivity contribution is 5.78. The normalized spacial score (nSPS) is 28.7. The quantitative estimate of drug-likeness (QED) is 0.798. The fraction of sp³-hybridized carbons (Fsp3) is 0.435. The van der Waals surface area contributed by atoms with Crippen LogP contribution in [0.2, 0.25) is 0 Å². The van der Waals surface area contributed by atoms with Crippen molar-refractivity contribution in [2.75, 3.05) is 27.2 Å². The number of fused-ring (bicyclic) bond motifs is 1. The monoisotopic (exact) mass is 379 g/mol. The van der Waals surface area contributed by atoms with Crippen molar-refractivity contribution in [1.29, 1.82) is 0 Å². The Hall–Kier alpha value is -2.40. The molecule has 2 heterocycles. The summed E-state index contributed by atoms with van der Waals surface area (Å²) < 4.78 is 20.0. The number of ether oxygens (including phenoxy) is 1. The lowest BCUT2D eigenvalue weighted by molar-refractivity contribution is -0.0571. The molecule has 2 aliphatic heterocycles. The molecule has 5 rings (SSSR count). The minimum absolute atomic E-state index is 0.00386. The van der Waals surface area contributed by atoms with Crippen LogP contribution in [0.4, 0.5) is 4.39 Å². The van der Waals surface area contributed by atoms with Crippen LogP contribution in [0.3, 0.4) is 0 Å². The van der Waals surface area contributed by atoms with Crippen molar-refractivity contribution in [1.82, 2.24) is 9.80 Å². The summed E-state index contributed by atoms with van der Waals surface area (Å²) in [6.45, 7) is 1.59. The fourth-order valence-electron chi connectivity index (χ4n) is 4.77. The number of rotatable bonds is 2. The Bertz CT molecular complexity index is 902. The molecule has 0 aromatic heterocycles. The maximum atomic E-state index is 13.5. The number of halogens is 1. The van der Waals surface area contributed by atoms with Gasteiger partial charge in [-0.25, -0.2) is 9.38 Å². The highest BCUT2D eigenvalue weighted by Crippen LogP contribution is 2.44. The Morgan fingerprint density at radius 1 is 1.11 bits per heavy atom. The van der Waals surface area contributed by atoms with E-state index in [1.54, 1.807) is 0 Å². The first-order valence-corrected chi connectivity index (χ1v) is 10.0. The van der Waals surface area contributed by atoms with Gasteiger partial charge >= 0.3 is 0 Å². The third kappa shape index (κ3) is 2.89. The Labute approximate surface area is 165 Å². The first kappa shape index (κ1) is 17.7. The summed E-state index contributed by atoms with van der Waals surface area (Å²) >= 11 is 0. The zero-order chi connectivity index (χ0) is 19.3. The van der Waals surface area contributed by atoms with E-state index in [0.29, 0.717) is 6.04 Å². The van der Waals surface area contributed by atoms with Gasteiger partial charge in [0.1, 0.15) is 11.4 Å².